The van der Waals surface area contributed by atoms with Gasteiger partial charge in [0.2, 0.25) is 5.82 Å². The molecule has 9 nitrogen and oxygen atoms in total. The summed E-state index contributed by atoms with van der Waals surface area (Å²) >= 11 is 0. The summed E-state index contributed by atoms with van der Waals surface area (Å²) in [7, 11) is 0. The molecule has 0 radical (unpaired) electrons. The number of carbonyl (C=O) groups is 2. The Labute approximate surface area is 183 Å². The fourth-order valence-corrected chi connectivity index (χ4v) is 4.19. The van der Waals surface area contributed by atoms with Gasteiger partial charge in [0.05, 0.1) is 31.5 Å². The van der Waals surface area contributed by atoms with Crippen molar-refractivity contribution in [1.29, 1.82) is 0 Å². The SMILES string of the molecule is O=C(O)C(F)(F)F.O=C(c1ncccn1)N1CC[C@]2(CCC[C@H](CN3CCOCC3)O2)C1. The molecule has 3 aliphatic rings. The van der Waals surface area contributed by atoms with Crippen LogP contribution in [0.15, 0.2) is 18.5 Å². The van der Waals surface area contributed by atoms with E-state index in [0.29, 0.717) is 6.54 Å². The van der Waals surface area contributed by atoms with E-state index in [-0.39, 0.29) is 23.4 Å². The molecule has 32 heavy (non-hydrogen) atoms. The van der Waals surface area contributed by atoms with E-state index in [1.165, 1.54) is 6.42 Å². The van der Waals surface area contributed by atoms with Gasteiger partial charge in [-0.1, -0.05) is 0 Å². The Morgan fingerprint density at radius 3 is 2.44 bits per heavy atom. The van der Waals surface area contributed by atoms with Gasteiger partial charge in [0.15, 0.2) is 0 Å². The standard InChI is InChI=1S/C18H26N4O3.C2HF3O2/c23-17(16-19-6-2-7-20-16)22-8-5-18(14-22)4-1-3-15(25-18)13-21-9-11-24-12-10-21;3-2(4,5)1(6)7/h2,6-7,15H,1,3-5,8-14H2;(H,6,7)/t15-,18-;/m1./s1. The number of hydrogen-bond acceptors (Lipinski definition) is 7. The first-order chi connectivity index (χ1) is 15.2. The second kappa shape index (κ2) is 10.5. The minimum atomic E-state index is -5.08. The lowest BCUT2D eigenvalue weighted by molar-refractivity contribution is -0.192. The quantitative estimate of drug-likeness (QED) is 0.725. The molecule has 3 fully saturated rings. The Morgan fingerprint density at radius 2 is 1.81 bits per heavy atom. The van der Waals surface area contributed by atoms with Crippen LogP contribution in [0.3, 0.4) is 0 Å². The van der Waals surface area contributed by atoms with Crippen LogP contribution < -0.4 is 0 Å². The molecule has 0 bridgehead atoms. The highest BCUT2D eigenvalue weighted by molar-refractivity contribution is 5.90. The second-order valence-electron chi connectivity index (χ2n) is 8.08. The number of morpholine rings is 1. The molecule has 1 aromatic heterocycles. The van der Waals surface area contributed by atoms with Crippen molar-refractivity contribution in [1.82, 2.24) is 19.8 Å². The molecular formula is C20H27F3N4O5. The maximum absolute atomic E-state index is 12.6. The topological polar surface area (TPSA) is 105 Å². The van der Waals surface area contributed by atoms with E-state index in [1.807, 2.05) is 4.90 Å². The van der Waals surface area contributed by atoms with Gasteiger partial charge in [-0.15, -0.1) is 0 Å². The maximum Gasteiger partial charge on any atom is 0.490 e. The first-order valence-electron chi connectivity index (χ1n) is 10.5. The Hall–Kier alpha value is -2.31. The monoisotopic (exact) mass is 460 g/mol. The zero-order valence-electron chi connectivity index (χ0n) is 17.6. The van der Waals surface area contributed by atoms with Crippen LogP contribution in [0.25, 0.3) is 0 Å². The molecule has 1 aromatic rings. The number of ether oxygens (including phenoxy) is 2. The van der Waals surface area contributed by atoms with Crippen LogP contribution in [-0.2, 0) is 14.3 Å². The third-order valence-corrected chi connectivity index (χ3v) is 5.74. The molecule has 2 atom stereocenters. The molecule has 0 aliphatic carbocycles. The zero-order valence-corrected chi connectivity index (χ0v) is 17.6. The molecule has 1 spiro atoms. The van der Waals surface area contributed by atoms with Gasteiger partial charge in [-0.05, 0) is 31.7 Å². The largest absolute Gasteiger partial charge is 0.490 e. The highest BCUT2D eigenvalue weighted by Crippen LogP contribution is 2.37. The van der Waals surface area contributed by atoms with Gasteiger partial charge >= 0.3 is 12.1 Å². The van der Waals surface area contributed by atoms with Gasteiger partial charge in [-0.3, -0.25) is 9.69 Å². The number of hydrogen-bond donors (Lipinski definition) is 1. The molecule has 1 N–H and O–H groups in total. The Kier molecular flexibility index (Phi) is 8.01. The molecule has 0 unspecified atom stereocenters. The van der Waals surface area contributed by atoms with Crippen molar-refractivity contribution in [3.8, 4) is 0 Å². The van der Waals surface area contributed by atoms with E-state index in [9.17, 15) is 18.0 Å². The molecule has 1 amide bonds. The molecule has 0 aromatic carbocycles. The predicted octanol–water partition coefficient (Wildman–Crippen LogP) is 1.60. The minimum Gasteiger partial charge on any atom is -0.475 e. The highest BCUT2D eigenvalue weighted by Gasteiger charge is 2.45. The van der Waals surface area contributed by atoms with Gasteiger partial charge in [0.25, 0.3) is 5.91 Å². The van der Waals surface area contributed by atoms with Crippen molar-refractivity contribution in [2.24, 2.45) is 0 Å². The van der Waals surface area contributed by atoms with Crippen molar-refractivity contribution in [2.75, 3.05) is 45.9 Å². The zero-order chi connectivity index (χ0) is 23.2. The Morgan fingerprint density at radius 1 is 1.16 bits per heavy atom. The number of carboxylic acids is 1. The second-order valence-corrected chi connectivity index (χ2v) is 8.08. The summed E-state index contributed by atoms with van der Waals surface area (Å²) in [6.07, 6.45) is 2.61. The minimum absolute atomic E-state index is 0.0867. The van der Waals surface area contributed by atoms with Gasteiger partial charge in [0.1, 0.15) is 0 Å². The summed E-state index contributed by atoms with van der Waals surface area (Å²) in [4.78, 5) is 34.0. The van der Waals surface area contributed by atoms with E-state index < -0.39 is 12.1 Å². The normalized spacial score (nSPS) is 26.5. The number of aromatic nitrogens is 2. The fourth-order valence-electron chi connectivity index (χ4n) is 4.19. The molecular weight excluding hydrogens is 433 g/mol. The molecule has 0 saturated carbocycles. The van der Waals surface area contributed by atoms with Crippen molar-refractivity contribution >= 4 is 11.9 Å². The number of rotatable bonds is 3. The number of nitrogens with zero attached hydrogens (tertiary/aromatic N) is 4. The van der Waals surface area contributed by atoms with Crippen molar-refractivity contribution in [2.45, 2.75) is 43.6 Å². The van der Waals surface area contributed by atoms with E-state index in [4.69, 9.17) is 19.4 Å². The number of likely N-dealkylation sites (tertiary alicyclic amines) is 1. The van der Waals surface area contributed by atoms with E-state index in [1.54, 1.807) is 18.5 Å². The average molecular weight is 460 g/mol. The highest BCUT2D eigenvalue weighted by atomic mass is 19.4. The molecule has 3 aliphatic heterocycles. The third kappa shape index (κ3) is 6.59. The molecule has 178 valence electrons. The summed E-state index contributed by atoms with van der Waals surface area (Å²) in [5.41, 5.74) is -0.181. The summed E-state index contributed by atoms with van der Waals surface area (Å²) in [5.74, 6) is -2.57. The molecule has 4 heterocycles. The van der Waals surface area contributed by atoms with E-state index in [0.717, 1.165) is 58.7 Å². The summed E-state index contributed by atoms with van der Waals surface area (Å²) in [6, 6.07) is 1.72. The van der Waals surface area contributed by atoms with Gasteiger partial charge in [0, 0.05) is 38.6 Å². The van der Waals surface area contributed by atoms with Crippen LogP contribution in [-0.4, -0.2) is 101 Å². The van der Waals surface area contributed by atoms with Crippen molar-refractivity contribution in [3.05, 3.63) is 24.3 Å². The van der Waals surface area contributed by atoms with Gasteiger partial charge in [-0.25, -0.2) is 14.8 Å². The van der Waals surface area contributed by atoms with Crippen LogP contribution in [0, 0.1) is 0 Å². The summed E-state index contributed by atoms with van der Waals surface area (Å²) < 4.78 is 43.7. The number of halogens is 3. The lowest BCUT2D eigenvalue weighted by Gasteiger charge is -2.41. The average Bonchev–Trinajstić information content (AvgIpc) is 3.17. The lowest BCUT2D eigenvalue weighted by Crippen LogP contribution is -2.49. The number of aliphatic carboxylic acids is 1. The summed E-state index contributed by atoms with van der Waals surface area (Å²) in [6.45, 7) is 5.96. The molecule has 3 saturated heterocycles. The van der Waals surface area contributed by atoms with Gasteiger partial charge < -0.3 is 19.5 Å². The predicted molar refractivity (Wildman–Crippen MR) is 105 cm³/mol. The third-order valence-electron chi connectivity index (χ3n) is 5.74. The van der Waals surface area contributed by atoms with Crippen molar-refractivity contribution in [3.63, 3.8) is 0 Å². The fraction of sp³-hybridized carbons (Fsp3) is 0.700. The van der Waals surface area contributed by atoms with E-state index in [2.05, 4.69) is 14.9 Å². The summed E-state index contributed by atoms with van der Waals surface area (Å²) in [5, 5.41) is 7.12. The maximum atomic E-state index is 12.6. The van der Waals surface area contributed by atoms with Gasteiger partial charge in [-0.2, -0.15) is 13.2 Å². The molecule has 4 rings (SSSR count). The molecule has 12 heteroatoms. The number of amides is 1. The van der Waals surface area contributed by atoms with Crippen LogP contribution in [0.1, 0.15) is 36.3 Å². The van der Waals surface area contributed by atoms with Crippen LogP contribution in [0.4, 0.5) is 13.2 Å². The number of carboxylic acid groups (broad SMARTS) is 1. The first-order valence-corrected chi connectivity index (χ1v) is 10.5. The smallest absolute Gasteiger partial charge is 0.475 e. The number of carbonyl (C=O) groups excluding carboxylic acids is 1. The van der Waals surface area contributed by atoms with Crippen LogP contribution in [0.2, 0.25) is 0 Å². The first kappa shape index (κ1) is 24.3. The number of alkyl halides is 3. The van der Waals surface area contributed by atoms with Crippen LogP contribution >= 0.6 is 0 Å². The van der Waals surface area contributed by atoms with Crippen LogP contribution in [0.5, 0.6) is 0 Å². The van der Waals surface area contributed by atoms with E-state index >= 15 is 0 Å². The Bertz CT molecular complexity index is 776. The lowest BCUT2D eigenvalue weighted by atomic mass is 9.90. The van der Waals surface area contributed by atoms with Crippen molar-refractivity contribution < 1.29 is 37.3 Å². The Balaban J connectivity index is 0.000000360.